The van der Waals surface area contributed by atoms with Gasteiger partial charge in [-0.15, -0.1) is 0 Å². The monoisotopic (exact) mass is 312 g/mol. The van der Waals surface area contributed by atoms with Gasteiger partial charge >= 0.3 is 11.9 Å². The smallest absolute Gasteiger partial charge is 0.328 e. The number of aliphatic carboxylic acids is 2. The van der Waals surface area contributed by atoms with Gasteiger partial charge in [0.1, 0.15) is 0 Å². The highest BCUT2D eigenvalue weighted by Gasteiger charge is 1.98. The highest BCUT2D eigenvalue weighted by Crippen LogP contribution is 1.97. The summed E-state index contributed by atoms with van der Waals surface area (Å²) in [4.78, 5) is 42.6. The number of amides is 2. The third-order valence-corrected chi connectivity index (χ3v) is 2.46. The molecule has 0 atom stereocenters. The molecule has 0 aromatic heterocycles. The normalized spacial score (nSPS) is 10.7. The van der Waals surface area contributed by atoms with E-state index in [0.29, 0.717) is 13.1 Å². The van der Waals surface area contributed by atoms with Gasteiger partial charge in [-0.2, -0.15) is 0 Å². The molecule has 0 aliphatic carbocycles. The molecule has 8 heteroatoms. The maximum atomic E-state index is 11.1. The van der Waals surface area contributed by atoms with Crippen molar-refractivity contribution in [2.45, 2.75) is 25.7 Å². The topological polar surface area (TPSA) is 133 Å². The Bertz CT molecular complexity index is 414. The van der Waals surface area contributed by atoms with Crippen LogP contribution >= 0.6 is 0 Å². The van der Waals surface area contributed by atoms with Crippen molar-refractivity contribution in [3.05, 3.63) is 24.3 Å². The standard InChI is InChI=1S/C14H20N2O6/c17-11(5-7-13(19)20)15-9-3-1-2-4-10-16-12(18)6-8-14(21)22/h5-8H,1-4,9-10H2,(H,15,17)(H,16,18)(H,19,20)(H,21,22)/b7-5-,8-6+. The first kappa shape index (κ1) is 19.4. The zero-order valence-electron chi connectivity index (χ0n) is 12.1. The molecule has 0 fully saturated rings. The zero-order chi connectivity index (χ0) is 16.8. The average Bonchev–Trinajstić information content (AvgIpc) is 2.45. The maximum absolute atomic E-state index is 11.1. The third kappa shape index (κ3) is 13.8. The number of carboxylic acids is 2. The van der Waals surface area contributed by atoms with E-state index in [9.17, 15) is 19.2 Å². The first-order valence-electron chi connectivity index (χ1n) is 6.79. The second kappa shape index (κ2) is 12.1. The molecule has 22 heavy (non-hydrogen) atoms. The summed E-state index contributed by atoms with van der Waals surface area (Å²) in [6, 6.07) is 0. The molecule has 0 unspecified atom stereocenters. The number of carboxylic acid groups (broad SMARTS) is 2. The van der Waals surface area contributed by atoms with Gasteiger partial charge in [0.2, 0.25) is 11.8 Å². The van der Waals surface area contributed by atoms with E-state index in [1.165, 1.54) is 0 Å². The fourth-order valence-electron chi connectivity index (χ4n) is 1.44. The van der Waals surface area contributed by atoms with Crippen molar-refractivity contribution in [3.8, 4) is 0 Å². The first-order chi connectivity index (χ1) is 10.4. The Morgan fingerprint density at radius 3 is 1.32 bits per heavy atom. The lowest BCUT2D eigenvalue weighted by molar-refractivity contribution is -0.132. The van der Waals surface area contributed by atoms with E-state index >= 15 is 0 Å². The van der Waals surface area contributed by atoms with Gasteiger partial charge in [0.15, 0.2) is 0 Å². The van der Waals surface area contributed by atoms with E-state index in [1.807, 2.05) is 0 Å². The van der Waals surface area contributed by atoms with Crippen LogP contribution in [-0.4, -0.2) is 47.1 Å². The quantitative estimate of drug-likeness (QED) is 0.315. The van der Waals surface area contributed by atoms with Gasteiger partial charge in [0, 0.05) is 37.4 Å². The fraction of sp³-hybridized carbons (Fsp3) is 0.429. The molecule has 8 nitrogen and oxygen atoms in total. The van der Waals surface area contributed by atoms with Gasteiger partial charge in [0.25, 0.3) is 0 Å². The van der Waals surface area contributed by atoms with E-state index in [1.54, 1.807) is 0 Å². The number of unbranched alkanes of at least 4 members (excludes halogenated alkanes) is 3. The molecule has 0 heterocycles. The van der Waals surface area contributed by atoms with E-state index < -0.39 is 23.8 Å². The summed E-state index contributed by atoms with van der Waals surface area (Å²) >= 11 is 0. The molecular weight excluding hydrogens is 292 g/mol. The Kier molecular flexibility index (Phi) is 10.7. The summed E-state index contributed by atoms with van der Waals surface area (Å²) in [7, 11) is 0. The Balaban J connectivity index is 3.47. The molecule has 0 radical (unpaired) electrons. The lowest BCUT2D eigenvalue weighted by Gasteiger charge is -2.03. The predicted molar refractivity (Wildman–Crippen MR) is 78.0 cm³/mol. The van der Waals surface area contributed by atoms with Gasteiger partial charge in [0.05, 0.1) is 0 Å². The van der Waals surface area contributed by atoms with Crippen molar-refractivity contribution in [1.82, 2.24) is 10.6 Å². The molecule has 0 aromatic carbocycles. The summed E-state index contributed by atoms with van der Waals surface area (Å²) in [5, 5.41) is 21.8. The van der Waals surface area contributed by atoms with Crippen molar-refractivity contribution in [2.24, 2.45) is 0 Å². The summed E-state index contributed by atoms with van der Waals surface area (Å²) in [5.41, 5.74) is 0. The van der Waals surface area contributed by atoms with E-state index in [2.05, 4.69) is 10.6 Å². The minimum atomic E-state index is -1.17. The number of hydrogen-bond acceptors (Lipinski definition) is 4. The van der Waals surface area contributed by atoms with Crippen LogP contribution in [0.25, 0.3) is 0 Å². The largest absolute Gasteiger partial charge is 0.478 e. The molecule has 0 aliphatic rings. The molecule has 0 aliphatic heterocycles. The number of nitrogens with one attached hydrogen (secondary N) is 2. The van der Waals surface area contributed by atoms with Crippen molar-refractivity contribution in [1.29, 1.82) is 0 Å². The van der Waals surface area contributed by atoms with Gasteiger partial charge < -0.3 is 20.8 Å². The van der Waals surface area contributed by atoms with Crippen LogP contribution in [0.4, 0.5) is 0 Å². The Morgan fingerprint density at radius 2 is 1.00 bits per heavy atom. The molecule has 0 rings (SSSR count). The Morgan fingerprint density at radius 1 is 0.636 bits per heavy atom. The summed E-state index contributed by atoms with van der Waals surface area (Å²) in [6.07, 6.45) is 6.67. The average molecular weight is 312 g/mol. The van der Waals surface area contributed by atoms with Gasteiger partial charge in [-0.05, 0) is 12.8 Å². The molecule has 0 saturated heterocycles. The number of carbonyl (C=O) groups is 4. The Hall–Kier alpha value is -2.64. The van der Waals surface area contributed by atoms with Crippen LogP contribution in [0.3, 0.4) is 0 Å². The van der Waals surface area contributed by atoms with Gasteiger partial charge in [-0.25, -0.2) is 9.59 Å². The van der Waals surface area contributed by atoms with Crippen LogP contribution in [0.15, 0.2) is 24.3 Å². The van der Waals surface area contributed by atoms with E-state index in [0.717, 1.165) is 50.0 Å². The molecule has 0 spiro atoms. The third-order valence-electron chi connectivity index (χ3n) is 2.46. The molecule has 4 N–H and O–H groups in total. The number of hydrogen-bond donors (Lipinski definition) is 4. The molecule has 122 valence electrons. The number of carbonyl (C=O) groups excluding carboxylic acids is 2. The molecule has 2 amide bonds. The van der Waals surface area contributed by atoms with E-state index in [-0.39, 0.29) is 0 Å². The second-order valence-electron chi connectivity index (χ2n) is 4.34. The molecule has 0 bridgehead atoms. The van der Waals surface area contributed by atoms with Crippen LogP contribution in [0, 0.1) is 0 Å². The molecule has 0 saturated carbocycles. The number of rotatable bonds is 11. The summed E-state index contributed by atoms with van der Waals surface area (Å²) in [5.74, 6) is -3.23. The lowest BCUT2D eigenvalue weighted by atomic mass is 10.2. The van der Waals surface area contributed by atoms with Crippen LogP contribution in [0.1, 0.15) is 25.7 Å². The van der Waals surface area contributed by atoms with Crippen LogP contribution in [0.2, 0.25) is 0 Å². The first-order valence-corrected chi connectivity index (χ1v) is 6.79. The highest BCUT2D eigenvalue weighted by atomic mass is 16.4. The second-order valence-corrected chi connectivity index (χ2v) is 4.34. The van der Waals surface area contributed by atoms with Crippen molar-refractivity contribution in [3.63, 3.8) is 0 Å². The summed E-state index contributed by atoms with van der Waals surface area (Å²) < 4.78 is 0. The van der Waals surface area contributed by atoms with Gasteiger partial charge in [-0.3, -0.25) is 9.59 Å². The maximum Gasteiger partial charge on any atom is 0.328 e. The summed E-state index contributed by atoms with van der Waals surface area (Å²) in [6.45, 7) is 0.910. The zero-order valence-corrected chi connectivity index (χ0v) is 12.1. The van der Waals surface area contributed by atoms with Crippen molar-refractivity contribution in [2.75, 3.05) is 13.1 Å². The van der Waals surface area contributed by atoms with Crippen molar-refractivity contribution < 1.29 is 29.4 Å². The minimum Gasteiger partial charge on any atom is -0.478 e. The van der Waals surface area contributed by atoms with E-state index in [4.69, 9.17) is 10.2 Å². The molecule has 0 aromatic rings. The minimum absolute atomic E-state index is 0.445. The van der Waals surface area contributed by atoms with Crippen LogP contribution in [0.5, 0.6) is 0 Å². The predicted octanol–water partition coefficient (Wildman–Crippen LogP) is 0.0608. The van der Waals surface area contributed by atoms with Crippen LogP contribution in [-0.2, 0) is 19.2 Å². The fourth-order valence-corrected chi connectivity index (χ4v) is 1.44. The SMILES string of the molecule is O=C(O)/C=C\C(=O)NCCCCCCNC(=O)/C=C/C(=O)O. The van der Waals surface area contributed by atoms with Crippen LogP contribution < -0.4 is 10.6 Å². The lowest BCUT2D eigenvalue weighted by Crippen LogP contribution is -2.23. The van der Waals surface area contributed by atoms with Gasteiger partial charge in [-0.1, -0.05) is 12.8 Å². The Labute approximate surface area is 127 Å². The molecular formula is C14H20N2O6. The highest BCUT2D eigenvalue weighted by molar-refractivity contribution is 5.94. The van der Waals surface area contributed by atoms with Crippen molar-refractivity contribution >= 4 is 23.8 Å².